The highest BCUT2D eigenvalue weighted by Gasteiger charge is 2.38. The van der Waals surface area contributed by atoms with E-state index in [0.29, 0.717) is 0 Å². The van der Waals surface area contributed by atoms with Crippen molar-refractivity contribution in [3.63, 3.8) is 0 Å². The summed E-state index contributed by atoms with van der Waals surface area (Å²) in [6, 6.07) is 151. The van der Waals surface area contributed by atoms with E-state index in [1.807, 2.05) is 0 Å². The first-order valence-electron chi connectivity index (χ1n) is 43.7. The van der Waals surface area contributed by atoms with Crippen LogP contribution in [0, 0.1) is 0 Å². The Balaban J connectivity index is 0.000000135. The number of hydrogen-bond acceptors (Lipinski definition) is 2. The molecule has 0 spiro atoms. The third-order valence-corrected chi connectivity index (χ3v) is 27.8. The summed E-state index contributed by atoms with van der Waals surface area (Å²) < 4.78 is 23.0. The van der Waals surface area contributed by atoms with E-state index in [0.717, 1.165) is 83.2 Å². The largest absolute Gasteiger partial charge is 0.456 e. The SMILES string of the molecule is CC1(C)c2ccccc2-c2cc3c4cc(-c5ccc6oc7cc8c(cc7c6c5)c5ccccc5n8-c5ccccc5)ccc4n(-c4cc(-c5ccccc5)cc(-c5ccccc5)c4)c3cc21.CC1(C)c2ccccc2-c2cc3c4cc(-c5ccc6oc7cc8c(cc7c6c5)c5ccccc5n8-c5ccccc5)ccc4n(-c4ccc(-c5ccccc5)cc4)c3cc21. The molecule has 592 valence electrons. The van der Waals surface area contributed by atoms with E-state index >= 15 is 0 Å². The van der Waals surface area contributed by atoms with Crippen LogP contribution in [0.5, 0.6) is 0 Å². The molecule has 0 amide bonds. The van der Waals surface area contributed by atoms with Crippen LogP contribution in [0.3, 0.4) is 0 Å². The van der Waals surface area contributed by atoms with Crippen LogP contribution in [-0.2, 0) is 10.8 Å². The number of aromatic nitrogens is 4. The fraction of sp³-hybridized carbons (Fsp3) is 0.0500. The second-order valence-electron chi connectivity index (χ2n) is 35.5. The predicted octanol–water partition coefficient (Wildman–Crippen LogP) is 32.5. The number of nitrogens with zero attached hydrogens (tertiary/aromatic N) is 4. The smallest absolute Gasteiger partial charge is 0.137 e. The van der Waals surface area contributed by atoms with Crippen LogP contribution in [0.4, 0.5) is 0 Å². The molecular formula is C120H80N4O2. The topological polar surface area (TPSA) is 46.0 Å². The maximum Gasteiger partial charge on any atom is 0.137 e. The van der Waals surface area contributed by atoms with Crippen molar-refractivity contribution in [3.05, 3.63) is 435 Å². The molecule has 6 nitrogen and oxygen atoms in total. The number of furan rings is 2. The Morgan fingerprint density at radius 3 is 0.897 bits per heavy atom. The summed E-state index contributed by atoms with van der Waals surface area (Å²) >= 11 is 0. The van der Waals surface area contributed by atoms with Gasteiger partial charge in [-0.2, -0.15) is 0 Å². The van der Waals surface area contributed by atoms with Gasteiger partial charge in [-0.25, -0.2) is 0 Å². The minimum atomic E-state index is -0.140. The molecule has 27 rings (SSSR count). The summed E-state index contributed by atoms with van der Waals surface area (Å²) in [6.07, 6.45) is 0. The zero-order valence-corrected chi connectivity index (χ0v) is 69.9. The third-order valence-electron chi connectivity index (χ3n) is 27.8. The van der Waals surface area contributed by atoms with Gasteiger partial charge in [0.25, 0.3) is 0 Å². The highest BCUT2D eigenvalue weighted by molar-refractivity contribution is 6.21. The highest BCUT2D eigenvalue weighted by atomic mass is 16.3. The molecule has 2 aliphatic carbocycles. The number of hydrogen-bond donors (Lipinski definition) is 0. The number of para-hydroxylation sites is 4. The van der Waals surface area contributed by atoms with E-state index < -0.39 is 0 Å². The summed E-state index contributed by atoms with van der Waals surface area (Å²) in [6.45, 7) is 9.48. The molecule has 126 heavy (non-hydrogen) atoms. The molecule has 0 radical (unpaired) electrons. The van der Waals surface area contributed by atoms with Crippen molar-refractivity contribution >= 4 is 131 Å². The lowest BCUT2D eigenvalue weighted by atomic mass is 9.82. The first kappa shape index (κ1) is 71.7. The third kappa shape index (κ3) is 10.8. The Morgan fingerprint density at radius 1 is 0.159 bits per heavy atom. The fourth-order valence-corrected chi connectivity index (χ4v) is 21.7. The van der Waals surface area contributed by atoms with Crippen LogP contribution in [0.25, 0.3) is 232 Å². The number of benzene rings is 19. The molecule has 6 heterocycles. The molecule has 0 aliphatic heterocycles. The van der Waals surface area contributed by atoms with E-state index in [1.165, 1.54) is 171 Å². The van der Waals surface area contributed by atoms with Gasteiger partial charge in [-0.15, -0.1) is 0 Å². The molecule has 19 aromatic carbocycles. The Kier molecular flexibility index (Phi) is 15.5. The van der Waals surface area contributed by atoms with E-state index in [-0.39, 0.29) is 10.8 Å². The standard InChI is InChI=1S/C63H42N2O.C57H38N2O/c1-63(2)55-24-14-12-22-47(55)49-35-52-50-33-41(26-28-58(50)65(59(52)37-56(49)63)46-31-43(39-16-6-3-7-17-39)30-44(32-46)40-18-8-4-9-19-40)42-27-29-61-53(34-42)54-36-51-48-23-13-15-25-57(48)64(45-20-10-5-11-21-45)60(51)38-62(54)66-61;1-57(2)49-19-11-9-17-41(49)43-31-46-44-29-37(23-27-52(44)59(53(46)33-50(43)57)40-25-21-36(22-26-40)35-13-5-3-6-14-35)38-24-28-55-47(30-38)48-32-45-42-18-10-12-20-51(42)58(39-15-7-4-8-16-39)54(45)34-56(48)60-55/h3-38H,1-2H3;3-34H,1-2H3. The normalized spacial score (nSPS) is 13.2. The Hall–Kier alpha value is -16.0. The first-order chi connectivity index (χ1) is 61.9. The molecule has 0 saturated carbocycles. The molecule has 0 saturated heterocycles. The van der Waals surface area contributed by atoms with E-state index in [9.17, 15) is 0 Å². The Labute approximate surface area is 727 Å². The van der Waals surface area contributed by atoms with E-state index in [2.05, 4.69) is 458 Å². The quantitative estimate of drug-likeness (QED) is 0.145. The molecule has 0 fully saturated rings. The summed E-state index contributed by atoms with van der Waals surface area (Å²) in [5, 5.41) is 14.4. The van der Waals surface area contributed by atoms with Gasteiger partial charge in [0.15, 0.2) is 0 Å². The number of fused-ring (bicyclic) bond motifs is 24. The fourth-order valence-electron chi connectivity index (χ4n) is 21.7. The molecule has 25 aromatic rings. The summed E-state index contributed by atoms with van der Waals surface area (Å²) in [4.78, 5) is 0. The zero-order chi connectivity index (χ0) is 83.4. The van der Waals surface area contributed by atoms with Crippen LogP contribution in [-0.4, -0.2) is 18.3 Å². The van der Waals surface area contributed by atoms with Gasteiger partial charge in [-0.3, -0.25) is 0 Å². The van der Waals surface area contributed by atoms with E-state index in [4.69, 9.17) is 8.83 Å². The monoisotopic (exact) mass is 1610 g/mol. The summed E-state index contributed by atoms with van der Waals surface area (Å²) in [5.41, 5.74) is 40.1. The molecule has 0 bridgehead atoms. The second-order valence-corrected chi connectivity index (χ2v) is 35.5. The number of rotatable bonds is 9. The van der Waals surface area contributed by atoms with Gasteiger partial charge >= 0.3 is 0 Å². The van der Waals surface area contributed by atoms with Crippen molar-refractivity contribution in [1.29, 1.82) is 0 Å². The summed E-state index contributed by atoms with van der Waals surface area (Å²) in [7, 11) is 0. The van der Waals surface area contributed by atoms with Gasteiger partial charge in [0.2, 0.25) is 0 Å². The average Bonchev–Trinajstić information content (AvgIpc) is 1.55. The first-order valence-corrected chi connectivity index (χ1v) is 43.7. The van der Waals surface area contributed by atoms with E-state index in [1.54, 1.807) is 0 Å². The Bertz CT molecular complexity index is 8800. The minimum absolute atomic E-state index is 0.103. The van der Waals surface area contributed by atoms with Crippen molar-refractivity contribution in [2.45, 2.75) is 38.5 Å². The molecule has 0 unspecified atom stereocenters. The lowest BCUT2D eigenvalue weighted by Gasteiger charge is -2.22. The van der Waals surface area contributed by atoms with Crippen LogP contribution < -0.4 is 0 Å². The maximum atomic E-state index is 6.67. The van der Waals surface area contributed by atoms with Gasteiger partial charge in [0.1, 0.15) is 22.3 Å². The minimum Gasteiger partial charge on any atom is -0.456 e. The Morgan fingerprint density at radius 2 is 0.460 bits per heavy atom. The van der Waals surface area contributed by atoms with Crippen LogP contribution in [0.1, 0.15) is 49.9 Å². The van der Waals surface area contributed by atoms with Gasteiger partial charge in [0, 0.05) is 110 Å². The second kappa shape index (κ2) is 27.2. The van der Waals surface area contributed by atoms with Crippen LogP contribution >= 0.6 is 0 Å². The lowest BCUT2D eigenvalue weighted by Crippen LogP contribution is -2.15. The summed E-state index contributed by atoms with van der Waals surface area (Å²) in [5.74, 6) is 0. The molecular weight excluding hydrogens is 1530 g/mol. The van der Waals surface area contributed by atoms with Crippen molar-refractivity contribution < 1.29 is 8.83 Å². The average molecular weight is 1610 g/mol. The van der Waals surface area contributed by atoms with Gasteiger partial charge in [0.05, 0.1) is 44.1 Å². The van der Waals surface area contributed by atoms with Gasteiger partial charge < -0.3 is 27.1 Å². The van der Waals surface area contributed by atoms with Crippen molar-refractivity contribution in [1.82, 2.24) is 18.3 Å². The molecule has 6 heteroatoms. The van der Waals surface area contributed by atoms with Gasteiger partial charge in [-0.05, 0) is 252 Å². The van der Waals surface area contributed by atoms with Crippen molar-refractivity contribution in [2.24, 2.45) is 0 Å². The molecule has 2 aliphatic rings. The van der Waals surface area contributed by atoms with Crippen molar-refractivity contribution in [3.8, 4) is 101 Å². The maximum absolute atomic E-state index is 6.67. The van der Waals surface area contributed by atoms with Crippen LogP contribution in [0.15, 0.2) is 421 Å². The highest BCUT2D eigenvalue weighted by Crippen LogP contribution is 2.55. The van der Waals surface area contributed by atoms with Crippen LogP contribution in [0.2, 0.25) is 0 Å². The molecule has 0 atom stereocenters. The zero-order valence-electron chi connectivity index (χ0n) is 69.9. The van der Waals surface area contributed by atoms with Crippen molar-refractivity contribution in [2.75, 3.05) is 0 Å². The molecule has 0 N–H and O–H groups in total. The van der Waals surface area contributed by atoms with Gasteiger partial charge in [-0.1, -0.05) is 276 Å². The lowest BCUT2D eigenvalue weighted by molar-refractivity contribution is 0.661. The molecule has 6 aromatic heterocycles. The predicted molar refractivity (Wildman–Crippen MR) is 527 cm³/mol.